The number of imidazole rings is 1. The van der Waals surface area contributed by atoms with E-state index >= 15 is 0 Å². The molecule has 6 rings (SSSR count). The van der Waals surface area contributed by atoms with Gasteiger partial charge in [0.1, 0.15) is 17.3 Å². The Kier molecular flexibility index (Phi) is 6.12. The number of rotatable bonds is 7. The minimum atomic E-state index is -0.431. The van der Waals surface area contributed by atoms with Crippen molar-refractivity contribution in [1.82, 2.24) is 35.0 Å². The van der Waals surface area contributed by atoms with Crippen LogP contribution in [0, 0.1) is 11.6 Å². The van der Waals surface area contributed by atoms with Crippen LogP contribution in [0.5, 0.6) is 0 Å². The van der Waals surface area contributed by atoms with Gasteiger partial charge < -0.3 is 20.9 Å². The lowest BCUT2D eigenvalue weighted by Crippen LogP contribution is -2.20. The maximum absolute atomic E-state index is 15.0. The number of pyridine rings is 2. The number of nitrogen functional groups attached to an aromatic ring is 1. The summed E-state index contributed by atoms with van der Waals surface area (Å²) in [5.74, 6) is -0.339. The van der Waals surface area contributed by atoms with E-state index in [1.54, 1.807) is 24.5 Å². The number of H-pyrrole nitrogens is 2. The zero-order chi connectivity index (χ0) is 27.1. The Morgan fingerprint density at radius 1 is 1.00 bits per heavy atom. The minimum absolute atomic E-state index is 0.342. The average molecular weight is 526 g/mol. The lowest BCUT2D eigenvalue weighted by Gasteiger charge is -2.13. The second-order valence-electron chi connectivity index (χ2n) is 9.56. The van der Waals surface area contributed by atoms with Gasteiger partial charge in [-0.2, -0.15) is 5.10 Å². The molecule has 0 spiro atoms. The van der Waals surface area contributed by atoms with Gasteiger partial charge in [-0.05, 0) is 56.1 Å². The predicted octanol–water partition coefficient (Wildman–Crippen LogP) is 5.06. The van der Waals surface area contributed by atoms with Crippen molar-refractivity contribution in [3.8, 4) is 33.8 Å². The topological polar surface area (TPSA) is 124 Å². The van der Waals surface area contributed by atoms with Crippen LogP contribution in [-0.4, -0.2) is 62.2 Å². The molecule has 0 unspecified atom stereocenters. The standard InChI is InChI=1S/C28H25F2N9/c1-39(2)6-5-33-19-9-15(7-17(29)10-19)20-3-4-34-27-25(20)35-28(36-27)26-22-11-21(16-8-18(31)14-32-13-16)23(30)12-24(22)37-38-26/h3-4,7-14,33H,5-6,31H2,1-2H3,(H,37,38)(H,34,35,36). The number of halogens is 2. The number of nitrogens with two attached hydrogens (primary N) is 1. The molecule has 5 N–H and O–H groups in total. The van der Waals surface area contributed by atoms with E-state index in [0.29, 0.717) is 68.2 Å². The second-order valence-corrected chi connectivity index (χ2v) is 9.56. The van der Waals surface area contributed by atoms with Gasteiger partial charge in [-0.3, -0.25) is 10.1 Å². The van der Waals surface area contributed by atoms with Gasteiger partial charge in [-0.25, -0.2) is 18.7 Å². The SMILES string of the molecule is CN(C)CCNc1cc(F)cc(-c2ccnc3nc(-c4n[nH]c5cc(F)c(-c6cncc(N)c6)cc45)[nH]c23)c1. The summed E-state index contributed by atoms with van der Waals surface area (Å²) in [5.41, 5.74) is 11.4. The van der Waals surface area contributed by atoms with E-state index in [1.165, 1.54) is 24.4 Å². The molecule has 4 heterocycles. The number of hydrogen-bond donors (Lipinski definition) is 4. The summed E-state index contributed by atoms with van der Waals surface area (Å²) in [6.45, 7) is 1.49. The Morgan fingerprint density at radius 3 is 2.69 bits per heavy atom. The maximum atomic E-state index is 15.0. The molecule has 9 nitrogen and oxygen atoms in total. The van der Waals surface area contributed by atoms with Crippen LogP contribution in [0.3, 0.4) is 0 Å². The minimum Gasteiger partial charge on any atom is -0.397 e. The van der Waals surface area contributed by atoms with Crippen LogP contribution in [0.25, 0.3) is 55.8 Å². The fourth-order valence-electron chi connectivity index (χ4n) is 4.58. The highest BCUT2D eigenvalue weighted by molar-refractivity contribution is 5.97. The van der Waals surface area contributed by atoms with Gasteiger partial charge in [0.25, 0.3) is 0 Å². The Morgan fingerprint density at radius 2 is 1.87 bits per heavy atom. The van der Waals surface area contributed by atoms with Gasteiger partial charge in [0.05, 0.1) is 16.7 Å². The maximum Gasteiger partial charge on any atom is 0.178 e. The molecule has 0 aliphatic rings. The first-order chi connectivity index (χ1) is 18.9. The second kappa shape index (κ2) is 9.76. The highest BCUT2D eigenvalue weighted by Crippen LogP contribution is 2.34. The van der Waals surface area contributed by atoms with Crippen molar-refractivity contribution in [2.24, 2.45) is 0 Å². The average Bonchev–Trinajstić information content (AvgIpc) is 3.51. The number of aromatic amines is 2. The molecule has 0 radical (unpaired) electrons. The number of likely N-dealkylation sites (N-methyl/N-ethyl adjacent to an activating group) is 1. The van der Waals surface area contributed by atoms with E-state index in [2.05, 4.69) is 35.5 Å². The monoisotopic (exact) mass is 525 g/mol. The summed E-state index contributed by atoms with van der Waals surface area (Å²) < 4.78 is 29.5. The first kappa shape index (κ1) is 24.4. The highest BCUT2D eigenvalue weighted by Gasteiger charge is 2.18. The van der Waals surface area contributed by atoms with Crippen molar-refractivity contribution >= 4 is 33.4 Å². The number of nitrogens with one attached hydrogen (secondary N) is 3. The molecule has 2 aromatic carbocycles. The van der Waals surface area contributed by atoms with E-state index in [1.807, 2.05) is 31.1 Å². The number of nitrogens with zero attached hydrogens (tertiary/aromatic N) is 5. The number of benzene rings is 2. The van der Waals surface area contributed by atoms with Gasteiger partial charge in [0.15, 0.2) is 11.5 Å². The molecule has 0 aliphatic carbocycles. The molecule has 0 aliphatic heterocycles. The first-order valence-corrected chi connectivity index (χ1v) is 12.3. The Balaban J connectivity index is 1.42. The number of hydrogen-bond acceptors (Lipinski definition) is 7. The molecule has 0 saturated heterocycles. The predicted molar refractivity (Wildman–Crippen MR) is 149 cm³/mol. The van der Waals surface area contributed by atoms with E-state index < -0.39 is 5.82 Å². The third-order valence-corrected chi connectivity index (χ3v) is 6.43. The van der Waals surface area contributed by atoms with E-state index in [9.17, 15) is 8.78 Å². The molecule has 6 aromatic rings. The van der Waals surface area contributed by atoms with E-state index in [4.69, 9.17) is 5.73 Å². The molecule has 39 heavy (non-hydrogen) atoms. The number of aromatic nitrogens is 6. The number of fused-ring (bicyclic) bond motifs is 2. The van der Waals surface area contributed by atoms with Gasteiger partial charge in [-0.15, -0.1) is 0 Å². The fraction of sp³-hybridized carbons (Fsp3) is 0.143. The van der Waals surface area contributed by atoms with Crippen LogP contribution in [0.15, 0.2) is 61.1 Å². The molecule has 11 heteroatoms. The Hall–Kier alpha value is -4.90. The summed E-state index contributed by atoms with van der Waals surface area (Å²) in [6.07, 6.45) is 4.69. The van der Waals surface area contributed by atoms with Gasteiger partial charge >= 0.3 is 0 Å². The third-order valence-electron chi connectivity index (χ3n) is 6.43. The summed E-state index contributed by atoms with van der Waals surface area (Å²) >= 11 is 0. The van der Waals surface area contributed by atoms with E-state index in [0.717, 1.165) is 12.1 Å². The van der Waals surface area contributed by atoms with Crippen molar-refractivity contribution in [3.63, 3.8) is 0 Å². The van der Waals surface area contributed by atoms with Crippen molar-refractivity contribution in [2.45, 2.75) is 0 Å². The smallest absolute Gasteiger partial charge is 0.178 e. The molecular weight excluding hydrogens is 500 g/mol. The normalized spacial score (nSPS) is 11.6. The van der Waals surface area contributed by atoms with Gasteiger partial charge in [-0.1, -0.05) is 0 Å². The van der Waals surface area contributed by atoms with Gasteiger partial charge in [0.2, 0.25) is 0 Å². The summed E-state index contributed by atoms with van der Waals surface area (Å²) in [4.78, 5) is 18.5. The highest BCUT2D eigenvalue weighted by atomic mass is 19.1. The molecule has 4 aromatic heterocycles. The zero-order valence-electron chi connectivity index (χ0n) is 21.3. The first-order valence-electron chi connectivity index (χ1n) is 12.3. The quantitative estimate of drug-likeness (QED) is 0.230. The van der Waals surface area contributed by atoms with Crippen LogP contribution in [0.1, 0.15) is 0 Å². The van der Waals surface area contributed by atoms with Gasteiger partial charge in [0, 0.05) is 65.5 Å². The third kappa shape index (κ3) is 4.75. The summed E-state index contributed by atoms with van der Waals surface area (Å²) in [6, 6.07) is 11.4. The van der Waals surface area contributed by atoms with E-state index in [-0.39, 0.29) is 5.82 Å². The van der Waals surface area contributed by atoms with Crippen molar-refractivity contribution < 1.29 is 8.78 Å². The lowest BCUT2D eigenvalue weighted by atomic mass is 10.0. The van der Waals surface area contributed by atoms with Crippen LogP contribution < -0.4 is 11.1 Å². The molecule has 0 atom stereocenters. The molecule has 0 bridgehead atoms. The Labute approximate surface area is 222 Å². The summed E-state index contributed by atoms with van der Waals surface area (Å²) in [7, 11) is 3.97. The zero-order valence-corrected chi connectivity index (χ0v) is 21.3. The van der Waals surface area contributed by atoms with Crippen LogP contribution in [0.2, 0.25) is 0 Å². The summed E-state index contributed by atoms with van der Waals surface area (Å²) in [5, 5.41) is 11.2. The van der Waals surface area contributed by atoms with Crippen molar-refractivity contribution in [3.05, 3.63) is 72.7 Å². The van der Waals surface area contributed by atoms with Crippen LogP contribution >= 0.6 is 0 Å². The molecule has 0 fully saturated rings. The fourth-order valence-corrected chi connectivity index (χ4v) is 4.58. The molecule has 196 valence electrons. The molecule has 0 saturated carbocycles. The van der Waals surface area contributed by atoms with Crippen LogP contribution in [-0.2, 0) is 0 Å². The van der Waals surface area contributed by atoms with Crippen LogP contribution in [0.4, 0.5) is 20.2 Å². The van der Waals surface area contributed by atoms with Crippen molar-refractivity contribution in [1.29, 1.82) is 0 Å². The molecule has 0 amide bonds. The number of anilines is 2. The molecular formula is C28H25F2N9. The lowest BCUT2D eigenvalue weighted by molar-refractivity contribution is 0.425. The largest absolute Gasteiger partial charge is 0.397 e. The van der Waals surface area contributed by atoms with Crippen molar-refractivity contribution in [2.75, 3.05) is 38.2 Å². The Bertz CT molecular complexity index is 1820.